The summed E-state index contributed by atoms with van der Waals surface area (Å²) in [7, 11) is 3.04. The topological polar surface area (TPSA) is 134 Å². The van der Waals surface area contributed by atoms with E-state index in [1.165, 1.54) is 31.4 Å². The SMILES string of the molecule is COc1cccc(C(=O)N/N=C/c2ccc(OC)c(Cn3cnc([N+](=O)[O-])n3)c2)c1. The first-order valence-electron chi connectivity index (χ1n) is 8.68. The van der Waals surface area contributed by atoms with E-state index < -0.39 is 10.9 Å². The molecule has 1 amide bonds. The summed E-state index contributed by atoms with van der Waals surface area (Å²) in [5.41, 5.74) is 4.26. The minimum Gasteiger partial charge on any atom is -0.497 e. The van der Waals surface area contributed by atoms with Crippen molar-refractivity contribution in [2.75, 3.05) is 14.2 Å². The molecule has 0 aliphatic heterocycles. The van der Waals surface area contributed by atoms with Crippen molar-refractivity contribution in [1.29, 1.82) is 0 Å². The average Bonchev–Trinajstić information content (AvgIpc) is 3.23. The molecule has 154 valence electrons. The normalized spacial score (nSPS) is 10.7. The number of benzene rings is 2. The molecule has 0 spiro atoms. The van der Waals surface area contributed by atoms with E-state index >= 15 is 0 Å². The van der Waals surface area contributed by atoms with Gasteiger partial charge in [-0.3, -0.25) is 4.79 Å². The lowest BCUT2D eigenvalue weighted by Crippen LogP contribution is -2.17. The first kappa shape index (κ1) is 20.5. The van der Waals surface area contributed by atoms with E-state index in [4.69, 9.17) is 9.47 Å². The molecule has 0 fully saturated rings. The molecule has 0 saturated heterocycles. The number of carbonyl (C=O) groups excluding carboxylic acids is 1. The van der Waals surface area contributed by atoms with Crippen molar-refractivity contribution in [3.05, 3.63) is 75.6 Å². The second kappa shape index (κ2) is 9.28. The van der Waals surface area contributed by atoms with Crippen molar-refractivity contribution in [2.45, 2.75) is 6.54 Å². The van der Waals surface area contributed by atoms with Crippen LogP contribution in [-0.2, 0) is 6.54 Å². The summed E-state index contributed by atoms with van der Waals surface area (Å²) in [5.74, 6) is 0.284. The molecule has 1 heterocycles. The maximum atomic E-state index is 12.2. The molecular formula is C19H18N6O5. The molecule has 0 unspecified atom stereocenters. The maximum Gasteiger partial charge on any atom is 0.490 e. The van der Waals surface area contributed by atoms with E-state index in [0.717, 1.165) is 0 Å². The zero-order valence-electron chi connectivity index (χ0n) is 16.2. The van der Waals surface area contributed by atoms with Gasteiger partial charge in [-0.1, -0.05) is 11.1 Å². The Hall–Kier alpha value is -4.28. The van der Waals surface area contributed by atoms with Gasteiger partial charge in [0.1, 0.15) is 11.5 Å². The van der Waals surface area contributed by atoms with Crippen LogP contribution in [0.2, 0.25) is 0 Å². The first-order valence-corrected chi connectivity index (χ1v) is 8.68. The summed E-state index contributed by atoms with van der Waals surface area (Å²) in [5, 5.41) is 18.5. The van der Waals surface area contributed by atoms with Crippen LogP contribution >= 0.6 is 0 Å². The van der Waals surface area contributed by atoms with Crippen LogP contribution in [0.15, 0.2) is 53.9 Å². The average molecular weight is 410 g/mol. The van der Waals surface area contributed by atoms with Crippen LogP contribution in [0.4, 0.5) is 5.95 Å². The lowest BCUT2D eigenvalue weighted by Gasteiger charge is -2.08. The fraction of sp³-hybridized carbons (Fsp3) is 0.158. The minimum atomic E-state index is -0.665. The fourth-order valence-corrected chi connectivity index (χ4v) is 2.62. The Labute approximate surface area is 171 Å². The number of nitrogens with one attached hydrogen (secondary N) is 1. The monoisotopic (exact) mass is 410 g/mol. The highest BCUT2D eigenvalue weighted by Gasteiger charge is 2.15. The van der Waals surface area contributed by atoms with E-state index in [1.807, 2.05) is 0 Å². The van der Waals surface area contributed by atoms with E-state index in [1.54, 1.807) is 42.5 Å². The zero-order valence-corrected chi connectivity index (χ0v) is 16.2. The smallest absolute Gasteiger partial charge is 0.490 e. The van der Waals surface area contributed by atoms with E-state index in [0.29, 0.717) is 28.2 Å². The Morgan fingerprint density at radius 2 is 2.10 bits per heavy atom. The van der Waals surface area contributed by atoms with Gasteiger partial charge in [0.2, 0.25) is 6.33 Å². The minimum absolute atomic E-state index is 0.210. The number of methoxy groups -OCH3 is 2. The Morgan fingerprint density at radius 1 is 1.27 bits per heavy atom. The number of amides is 1. The van der Waals surface area contributed by atoms with Crippen LogP contribution in [0.25, 0.3) is 0 Å². The molecule has 3 rings (SSSR count). The summed E-state index contributed by atoms with van der Waals surface area (Å²) in [6, 6.07) is 12.0. The predicted molar refractivity (Wildman–Crippen MR) is 107 cm³/mol. The summed E-state index contributed by atoms with van der Waals surface area (Å²) >= 11 is 0. The number of ether oxygens (including phenoxy) is 2. The third-order valence-corrected chi connectivity index (χ3v) is 4.04. The molecule has 1 aromatic heterocycles. The molecule has 11 heteroatoms. The van der Waals surface area contributed by atoms with Crippen molar-refractivity contribution in [1.82, 2.24) is 20.2 Å². The van der Waals surface area contributed by atoms with Gasteiger partial charge in [-0.25, -0.2) is 5.43 Å². The van der Waals surface area contributed by atoms with E-state index in [9.17, 15) is 14.9 Å². The van der Waals surface area contributed by atoms with Gasteiger partial charge in [-0.15, -0.1) is 0 Å². The predicted octanol–water partition coefficient (Wildman–Crippen LogP) is 2.02. The molecule has 0 aliphatic carbocycles. The van der Waals surface area contributed by atoms with Gasteiger partial charge in [0, 0.05) is 16.2 Å². The van der Waals surface area contributed by atoms with Crippen LogP contribution in [0.5, 0.6) is 11.5 Å². The molecule has 11 nitrogen and oxygen atoms in total. The summed E-state index contributed by atoms with van der Waals surface area (Å²) in [6.45, 7) is 0.210. The van der Waals surface area contributed by atoms with Crippen molar-refractivity contribution in [3.8, 4) is 11.5 Å². The van der Waals surface area contributed by atoms with Gasteiger partial charge in [0.15, 0.2) is 0 Å². The number of nitrogens with zero attached hydrogens (tertiary/aromatic N) is 5. The van der Waals surface area contributed by atoms with Crippen LogP contribution in [-0.4, -0.2) is 46.0 Å². The molecule has 2 aromatic carbocycles. The van der Waals surface area contributed by atoms with Gasteiger partial charge in [0.25, 0.3) is 5.91 Å². The highest BCUT2D eigenvalue weighted by Crippen LogP contribution is 2.20. The fourth-order valence-electron chi connectivity index (χ4n) is 2.62. The van der Waals surface area contributed by atoms with E-state index in [2.05, 4.69) is 20.6 Å². The summed E-state index contributed by atoms with van der Waals surface area (Å²) in [4.78, 5) is 25.9. The number of carbonyl (C=O) groups is 1. The molecule has 0 saturated carbocycles. The number of hydrazone groups is 1. The van der Waals surface area contributed by atoms with E-state index in [-0.39, 0.29) is 12.5 Å². The van der Waals surface area contributed by atoms with Gasteiger partial charge in [0.05, 0.1) is 27.0 Å². The Morgan fingerprint density at radius 3 is 2.80 bits per heavy atom. The Kier molecular flexibility index (Phi) is 6.33. The molecule has 1 N–H and O–H groups in total. The second-order valence-corrected chi connectivity index (χ2v) is 6.00. The summed E-state index contributed by atoms with van der Waals surface area (Å²) < 4.78 is 11.8. The number of hydrogen-bond donors (Lipinski definition) is 1. The Bertz CT molecular complexity index is 1090. The molecular weight excluding hydrogens is 392 g/mol. The number of hydrogen-bond acceptors (Lipinski definition) is 8. The zero-order chi connectivity index (χ0) is 21.5. The third-order valence-electron chi connectivity index (χ3n) is 4.04. The molecule has 0 aliphatic rings. The molecule has 0 radical (unpaired) electrons. The highest BCUT2D eigenvalue weighted by molar-refractivity contribution is 5.95. The van der Waals surface area contributed by atoms with Crippen LogP contribution < -0.4 is 14.9 Å². The van der Waals surface area contributed by atoms with Crippen molar-refractivity contribution in [3.63, 3.8) is 0 Å². The molecule has 0 bridgehead atoms. The Balaban J connectivity index is 1.72. The van der Waals surface area contributed by atoms with Crippen molar-refractivity contribution in [2.24, 2.45) is 5.10 Å². The molecule has 3 aromatic rings. The quantitative estimate of drug-likeness (QED) is 0.341. The van der Waals surface area contributed by atoms with Crippen LogP contribution in [0, 0.1) is 10.1 Å². The lowest BCUT2D eigenvalue weighted by molar-refractivity contribution is -0.394. The largest absolute Gasteiger partial charge is 0.497 e. The van der Waals surface area contributed by atoms with Crippen LogP contribution in [0.1, 0.15) is 21.5 Å². The standard InChI is InChI=1S/C19H18N6O5/c1-29-16-5-3-4-14(9-16)18(26)22-21-10-13-6-7-17(30-2)15(8-13)11-24-12-20-19(23-24)25(27)28/h3-10,12H,11H2,1-2H3,(H,22,26)/b21-10+. The highest BCUT2D eigenvalue weighted by atomic mass is 16.6. The third kappa shape index (κ3) is 4.95. The van der Waals surface area contributed by atoms with Crippen LogP contribution in [0.3, 0.4) is 0 Å². The number of aromatic nitrogens is 3. The number of rotatable bonds is 8. The number of nitro groups is 1. The second-order valence-electron chi connectivity index (χ2n) is 6.00. The lowest BCUT2D eigenvalue weighted by atomic mass is 10.1. The molecule has 30 heavy (non-hydrogen) atoms. The molecule has 0 atom stereocenters. The first-order chi connectivity index (χ1) is 14.5. The van der Waals surface area contributed by atoms with Gasteiger partial charge >= 0.3 is 5.95 Å². The van der Waals surface area contributed by atoms with Gasteiger partial charge < -0.3 is 19.6 Å². The van der Waals surface area contributed by atoms with Crippen molar-refractivity contribution < 1.29 is 19.2 Å². The van der Waals surface area contributed by atoms with Gasteiger partial charge in [-0.05, 0) is 46.9 Å². The van der Waals surface area contributed by atoms with Gasteiger partial charge in [-0.2, -0.15) is 9.78 Å². The summed E-state index contributed by atoms with van der Waals surface area (Å²) in [6.07, 6.45) is 2.75. The van der Waals surface area contributed by atoms with Crippen molar-refractivity contribution >= 4 is 18.1 Å². The maximum absolute atomic E-state index is 12.2.